The number of sulfonamides is 1. The summed E-state index contributed by atoms with van der Waals surface area (Å²) < 4.78 is 54.9. The number of nitrogens with one attached hydrogen (secondary N) is 1. The van der Waals surface area contributed by atoms with Gasteiger partial charge in [-0.3, -0.25) is 4.72 Å². The van der Waals surface area contributed by atoms with Crippen molar-refractivity contribution in [3.8, 4) is 0 Å². The van der Waals surface area contributed by atoms with Crippen LogP contribution in [0.1, 0.15) is 0 Å². The molecule has 31 heavy (non-hydrogen) atoms. The van der Waals surface area contributed by atoms with Gasteiger partial charge in [-0.1, -0.05) is 60.3 Å². The maximum Gasteiger partial charge on any atom is 0.267 e. The summed E-state index contributed by atoms with van der Waals surface area (Å²) in [5.41, 5.74) is 0.412. The fraction of sp³-hybridized carbons (Fsp3) is 0. The highest BCUT2D eigenvalue weighted by molar-refractivity contribution is 7.99. The molecule has 1 aromatic heterocycles. The topological polar surface area (TPSA) is 85.2 Å². The van der Waals surface area contributed by atoms with Crippen molar-refractivity contribution in [2.24, 2.45) is 0 Å². The van der Waals surface area contributed by atoms with E-state index in [1.54, 1.807) is 30.3 Å². The van der Waals surface area contributed by atoms with E-state index in [0.717, 1.165) is 20.0 Å². The van der Waals surface area contributed by atoms with Gasteiger partial charge in [0.1, 0.15) is 4.90 Å². The van der Waals surface area contributed by atoms with Crippen molar-refractivity contribution in [2.45, 2.75) is 19.6 Å². The van der Waals surface area contributed by atoms with Crippen LogP contribution >= 0.6 is 11.8 Å². The predicted octanol–water partition coefficient (Wildman–Crippen LogP) is 4.68. The molecule has 0 fully saturated rings. The van der Waals surface area contributed by atoms with Gasteiger partial charge in [-0.15, -0.1) is 0 Å². The second-order valence-electron chi connectivity index (χ2n) is 6.51. The van der Waals surface area contributed by atoms with E-state index in [2.05, 4.69) is 4.72 Å². The number of benzene rings is 3. The fourth-order valence-electron chi connectivity index (χ4n) is 2.84. The highest BCUT2D eigenvalue weighted by Crippen LogP contribution is 2.34. The van der Waals surface area contributed by atoms with Gasteiger partial charge in [0, 0.05) is 22.2 Å². The lowest BCUT2D eigenvalue weighted by Gasteiger charge is -2.11. The lowest BCUT2D eigenvalue weighted by atomic mass is 10.3. The molecule has 0 aliphatic heterocycles. The SMILES string of the molecule is O=S(=O)(Nc1ccccc1Sc1ccccc1)c1ccn(S(=O)(=O)c2ccccc2)c1. The minimum Gasteiger partial charge on any atom is -0.278 e. The van der Waals surface area contributed by atoms with Crippen LogP contribution in [0.3, 0.4) is 0 Å². The monoisotopic (exact) mass is 470 g/mol. The second-order valence-corrected chi connectivity index (χ2v) is 11.2. The van der Waals surface area contributed by atoms with Gasteiger partial charge in [-0.05, 0) is 42.5 Å². The van der Waals surface area contributed by atoms with Gasteiger partial charge in [0.05, 0.1) is 10.6 Å². The average Bonchev–Trinajstić information content (AvgIpc) is 3.29. The predicted molar refractivity (Wildman–Crippen MR) is 121 cm³/mol. The van der Waals surface area contributed by atoms with Gasteiger partial charge >= 0.3 is 0 Å². The molecule has 0 atom stereocenters. The highest BCUT2D eigenvalue weighted by Gasteiger charge is 2.22. The number of para-hydroxylation sites is 1. The third-order valence-electron chi connectivity index (χ3n) is 4.37. The van der Waals surface area contributed by atoms with E-state index in [9.17, 15) is 16.8 Å². The molecule has 0 saturated carbocycles. The van der Waals surface area contributed by atoms with Crippen LogP contribution in [-0.4, -0.2) is 20.8 Å². The molecule has 6 nitrogen and oxygen atoms in total. The van der Waals surface area contributed by atoms with E-state index >= 15 is 0 Å². The molecule has 0 amide bonds. The van der Waals surface area contributed by atoms with Crippen molar-refractivity contribution in [1.82, 2.24) is 3.97 Å². The van der Waals surface area contributed by atoms with Crippen molar-refractivity contribution < 1.29 is 16.8 Å². The first-order valence-corrected chi connectivity index (χ1v) is 12.9. The van der Waals surface area contributed by atoms with Crippen LogP contribution in [0.15, 0.2) is 123 Å². The lowest BCUT2D eigenvalue weighted by molar-refractivity contribution is 0.587. The van der Waals surface area contributed by atoms with Gasteiger partial charge in [0.15, 0.2) is 0 Å². The highest BCUT2D eigenvalue weighted by atomic mass is 32.2. The molecular weight excluding hydrogens is 452 g/mol. The summed E-state index contributed by atoms with van der Waals surface area (Å²) in [6.45, 7) is 0. The average molecular weight is 471 g/mol. The second kappa shape index (κ2) is 8.62. The minimum absolute atomic E-state index is 0.0760. The van der Waals surface area contributed by atoms with Crippen LogP contribution in [0.4, 0.5) is 5.69 Å². The Hall–Kier alpha value is -3.01. The first kappa shape index (κ1) is 21.2. The Morgan fingerprint density at radius 3 is 2.00 bits per heavy atom. The standard InChI is InChI=1S/C22H18N2O4S3/c25-30(26,20-15-16-24(17-20)31(27,28)19-11-5-2-6-12-19)23-21-13-7-8-14-22(21)29-18-9-3-1-4-10-18/h1-17,23H. The van der Waals surface area contributed by atoms with Crippen LogP contribution in [-0.2, 0) is 20.0 Å². The zero-order valence-electron chi connectivity index (χ0n) is 16.1. The van der Waals surface area contributed by atoms with Gasteiger partial charge < -0.3 is 0 Å². The fourth-order valence-corrected chi connectivity index (χ4v) is 6.19. The summed E-state index contributed by atoms with van der Waals surface area (Å²) in [5.74, 6) is 0. The normalized spacial score (nSPS) is 11.9. The van der Waals surface area contributed by atoms with Crippen molar-refractivity contribution in [1.29, 1.82) is 0 Å². The molecule has 1 N–H and O–H groups in total. The van der Waals surface area contributed by atoms with Gasteiger partial charge in [0.25, 0.3) is 20.0 Å². The van der Waals surface area contributed by atoms with E-state index in [-0.39, 0.29) is 9.79 Å². The van der Waals surface area contributed by atoms with Gasteiger partial charge in [-0.25, -0.2) is 20.8 Å². The Morgan fingerprint density at radius 2 is 1.29 bits per heavy atom. The Bertz CT molecular complexity index is 1400. The third-order valence-corrected chi connectivity index (χ3v) is 8.46. The molecule has 0 bridgehead atoms. The summed E-state index contributed by atoms with van der Waals surface area (Å²) in [6.07, 6.45) is 2.32. The maximum atomic E-state index is 13.0. The first-order valence-electron chi connectivity index (χ1n) is 9.20. The van der Waals surface area contributed by atoms with Crippen LogP contribution in [0.25, 0.3) is 0 Å². The van der Waals surface area contributed by atoms with Crippen molar-refractivity contribution in [3.63, 3.8) is 0 Å². The smallest absolute Gasteiger partial charge is 0.267 e. The van der Waals surface area contributed by atoms with Crippen molar-refractivity contribution in [3.05, 3.63) is 103 Å². The van der Waals surface area contributed by atoms with E-state index in [0.29, 0.717) is 5.69 Å². The molecule has 0 unspecified atom stereocenters. The van der Waals surface area contributed by atoms with Crippen LogP contribution in [0.2, 0.25) is 0 Å². The molecule has 0 spiro atoms. The maximum absolute atomic E-state index is 13.0. The summed E-state index contributed by atoms with van der Waals surface area (Å²) in [6, 6.07) is 25.7. The minimum atomic E-state index is -4.00. The Labute approximate surface area is 185 Å². The van der Waals surface area contributed by atoms with Crippen LogP contribution in [0.5, 0.6) is 0 Å². The summed E-state index contributed by atoms with van der Waals surface area (Å²) >= 11 is 1.43. The Balaban J connectivity index is 1.62. The molecule has 0 aliphatic rings. The largest absolute Gasteiger partial charge is 0.278 e. The molecule has 4 rings (SSSR count). The Morgan fingerprint density at radius 1 is 0.677 bits per heavy atom. The van der Waals surface area contributed by atoms with E-state index < -0.39 is 20.0 Å². The number of aromatic nitrogens is 1. The Kier molecular flexibility index (Phi) is 5.90. The van der Waals surface area contributed by atoms with E-state index in [4.69, 9.17) is 0 Å². The quantitative estimate of drug-likeness (QED) is 0.424. The number of hydrogen-bond acceptors (Lipinski definition) is 5. The molecule has 1 heterocycles. The van der Waals surface area contributed by atoms with Crippen molar-refractivity contribution in [2.75, 3.05) is 4.72 Å². The molecule has 0 saturated heterocycles. The first-order chi connectivity index (χ1) is 14.9. The van der Waals surface area contributed by atoms with Crippen LogP contribution in [0, 0.1) is 0 Å². The zero-order chi connectivity index (χ0) is 21.9. The molecule has 4 aromatic rings. The molecule has 158 valence electrons. The van der Waals surface area contributed by atoms with Crippen molar-refractivity contribution >= 4 is 37.5 Å². The number of anilines is 1. The van der Waals surface area contributed by atoms with Gasteiger partial charge in [-0.2, -0.15) is 0 Å². The summed E-state index contributed by atoms with van der Waals surface area (Å²) in [7, 11) is -7.88. The zero-order valence-corrected chi connectivity index (χ0v) is 18.6. The lowest BCUT2D eigenvalue weighted by Crippen LogP contribution is -2.14. The molecular formula is C22H18N2O4S3. The summed E-state index contributed by atoms with van der Waals surface area (Å²) in [4.78, 5) is 1.63. The molecule has 0 radical (unpaired) electrons. The molecule has 9 heteroatoms. The van der Waals surface area contributed by atoms with E-state index in [1.165, 1.54) is 36.2 Å². The van der Waals surface area contributed by atoms with Crippen LogP contribution < -0.4 is 4.72 Å². The third kappa shape index (κ3) is 4.68. The number of rotatable bonds is 7. The number of nitrogens with zero attached hydrogens (tertiary/aromatic N) is 1. The van der Waals surface area contributed by atoms with E-state index in [1.807, 2.05) is 42.5 Å². The molecule has 0 aliphatic carbocycles. The molecule has 3 aromatic carbocycles. The van der Waals surface area contributed by atoms with Gasteiger partial charge in [0.2, 0.25) is 0 Å². The number of hydrogen-bond donors (Lipinski definition) is 1. The summed E-state index contributed by atoms with van der Waals surface area (Å²) in [5, 5.41) is 0.